The zero-order chi connectivity index (χ0) is 24.6. The Kier molecular flexibility index (Phi) is 8.07. The summed E-state index contributed by atoms with van der Waals surface area (Å²) in [6, 6.07) is 17.5. The number of aromatic amines is 1. The summed E-state index contributed by atoms with van der Waals surface area (Å²) < 4.78 is 5.42. The summed E-state index contributed by atoms with van der Waals surface area (Å²) in [5.74, 6) is 0.240. The number of amides is 2. The molecule has 1 aromatic heterocycles. The average Bonchev–Trinajstić information content (AvgIpc) is 3.31. The average molecular weight is 475 g/mol. The number of hydrogen-bond acceptors (Lipinski definition) is 5. The monoisotopic (exact) mass is 474 g/mol. The fraction of sp³-hybridized carbons (Fsp3) is 0.296. The van der Waals surface area contributed by atoms with Gasteiger partial charge in [-0.2, -0.15) is 0 Å². The molecule has 0 saturated carbocycles. The highest BCUT2D eigenvalue weighted by molar-refractivity contribution is 5.98. The van der Waals surface area contributed by atoms with Gasteiger partial charge in [0.2, 0.25) is 0 Å². The zero-order valence-corrected chi connectivity index (χ0v) is 20.0. The van der Waals surface area contributed by atoms with Crippen LogP contribution in [0.3, 0.4) is 0 Å². The number of imidazole rings is 1. The Bertz CT molecular complexity index is 1160. The molecule has 2 heterocycles. The molecule has 2 aromatic carbocycles. The fourth-order valence-corrected chi connectivity index (χ4v) is 3.76. The summed E-state index contributed by atoms with van der Waals surface area (Å²) in [4.78, 5) is 39.5. The summed E-state index contributed by atoms with van der Waals surface area (Å²) in [6.45, 7) is 0.654. The highest BCUT2D eigenvalue weighted by Crippen LogP contribution is 2.23. The molecule has 1 aliphatic rings. The second-order valence-corrected chi connectivity index (χ2v) is 8.60. The number of hydroxylamine groups is 1. The molecule has 8 heteroatoms. The van der Waals surface area contributed by atoms with E-state index >= 15 is 0 Å². The van der Waals surface area contributed by atoms with E-state index in [0.29, 0.717) is 30.2 Å². The molecule has 1 fully saturated rings. The van der Waals surface area contributed by atoms with Crippen molar-refractivity contribution >= 4 is 17.9 Å². The van der Waals surface area contributed by atoms with Crippen molar-refractivity contribution in [1.82, 2.24) is 20.3 Å². The van der Waals surface area contributed by atoms with Crippen LogP contribution in [0, 0.1) is 0 Å². The number of rotatable bonds is 8. The molecular formula is C27H30N4O4. The minimum atomic E-state index is -0.377. The molecule has 8 nitrogen and oxygen atoms in total. The minimum Gasteiger partial charge on any atom is -0.350 e. The second kappa shape index (κ2) is 11.6. The van der Waals surface area contributed by atoms with Crippen molar-refractivity contribution in [3.05, 3.63) is 83.3 Å². The lowest BCUT2D eigenvalue weighted by molar-refractivity contribution is -0.198. The van der Waals surface area contributed by atoms with Gasteiger partial charge in [-0.05, 0) is 30.0 Å². The second-order valence-electron chi connectivity index (χ2n) is 8.60. The van der Waals surface area contributed by atoms with Crippen LogP contribution in [-0.4, -0.2) is 53.7 Å². The molecule has 1 atom stereocenters. The largest absolute Gasteiger partial charge is 0.350 e. The Morgan fingerprint density at radius 3 is 2.60 bits per heavy atom. The number of nitrogens with zero attached hydrogens (tertiary/aromatic N) is 2. The van der Waals surface area contributed by atoms with E-state index in [1.807, 2.05) is 54.6 Å². The van der Waals surface area contributed by atoms with Crippen LogP contribution >= 0.6 is 0 Å². The molecule has 2 amide bonds. The first kappa shape index (κ1) is 24.4. The maximum Gasteiger partial charge on any atom is 0.272 e. The minimum absolute atomic E-state index is 0.125. The Hall–Kier alpha value is -3.75. The normalized spacial score (nSPS) is 15.8. The molecule has 4 rings (SSSR count). The van der Waals surface area contributed by atoms with Crippen molar-refractivity contribution in [2.75, 3.05) is 20.7 Å². The fourth-order valence-electron chi connectivity index (χ4n) is 3.76. The van der Waals surface area contributed by atoms with Crippen LogP contribution in [0.1, 0.15) is 46.7 Å². The summed E-state index contributed by atoms with van der Waals surface area (Å²) in [5.41, 5.74) is 6.33. The van der Waals surface area contributed by atoms with Gasteiger partial charge in [0, 0.05) is 45.2 Å². The lowest BCUT2D eigenvalue weighted by Gasteiger charge is -2.21. The number of ether oxygens (including phenoxy) is 1. The summed E-state index contributed by atoms with van der Waals surface area (Å²) >= 11 is 0. The molecule has 182 valence electrons. The van der Waals surface area contributed by atoms with Gasteiger partial charge in [-0.15, -0.1) is 0 Å². The first-order valence-electron chi connectivity index (χ1n) is 11.7. The van der Waals surface area contributed by atoms with Gasteiger partial charge in [0.05, 0.1) is 0 Å². The molecule has 0 spiro atoms. The molecule has 2 N–H and O–H groups in total. The number of benzene rings is 2. The van der Waals surface area contributed by atoms with E-state index in [0.717, 1.165) is 36.0 Å². The lowest BCUT2D eigenvalue weighted by atomic mass is 10.1. The van der Waals surface area contributed by atoms with Crippen molar-refractivity contribution in [1.29, 1.82) is 0 Å². The molecule has 0 aliphatic carbocycles. The van der Waals surface area contributed by atoms with Gasteiger partial charge in [0.1, 0.15) is 17.2 Å². The van der Waals surface area contributed by atoms with Crippen molar-refractivity contribution in [2.45, 2.75) is 32.0 Å². The van der Waals surface area contributed by atoms with E-state index in [9.17, 15) is 9.59 Å². The van der Waals surface area contributed by atoms with Gasteiger partial charge in [-0.3, -0.25) is 9.59 Å². The molecule has 3 aromatic rings. The van der Waals surface area contributed by atoms with Crippen LogP contribution in [0.4, 0.5) is 0 Å². The number of nitrogens with one attached hydrogen (secondary N) is 2. The molecule has 0 bridgehead atoms. The van der Waals surface area contributed by atoms with Gasteiger partial charge >= 0.3 is 0 Å². The Balaban J connectivity index is 1.39. The number of carbonyl (C=O) groups is 2. The van der Waals surface area contributed by atoms with Crippen molar-refractivity contribution in [2.24, 2.45) is 0 Å². The lowest BCUT2D eigenvalue weighted by Crippen LogP contribution is -2.32. The van der Waals surface area contributed by atoms with Gasteiger partial charge in [0.15, 0.2) is 6.29 Å². The smallest absolute Gasteiger partial charge is 0.272 e. The predicted molar refractivity (Wildman–Crippen MR) is 133 cm³/mol. The first-order valence-corrected chi connectivity index (χ1v) is 11.7. The third-order valence-corrected chi connectivity index (χ3v) is 5.63. The van der Waals surface area contributed by atoms with Crippen LogP contribution in [0.5, 0.6) is 0 Å². The number of carbonyl (C=O) groups excluding carboxylic acids is 2. The van der Waals surface area contributed by atoms with Crippen LogP contribution in [0.2, 0.25) is 0 Å². The number of H-pyrrole nitrogens is 1. The van der Waals surface area contributed by atoms with Gasteiger partial charge in [-0.25, -0.2) is 15.3 Å². The van der Waals surface area contributed by atoms with Crippen LogP contribution < -0.4 is 5.48 Å². The van der Waals surface area contributed by atoms with Gasteiger partial charge in [0.25, 0.3) is 11.8 Å². The van der Waals surface area contributed by atoms with E-state index in [4.69, 9.17) is 14.6 Å². The summed E-state index contributed by atoms with van der Waals surface area (Å²) in [5, 5.41) is 0. The molecule has 35 heavy (non-hydrogen) atoms. The van der Waals surface area contributed by atoms with Gasteiger partial charge in [-0.1, -0.05) is 54.6 Å². The Labute approximate surface area is 204 Å². The van der Waals surface area contributed by atoms with Crippen molar-refractivity contribution in [3.63, 3.8) is 0 Å². The predicted octanol–water partition coefficient (Wildman–Crippen LogP) is 3.96. The number of aromatic nitrogens is 2. The highest BCUT2D eigenvalue weighted by atomic mass is 16.8. The summed E-state index contributed by atoms with van der Waals surface area (Å²) in [7, 11) is 3.44. The van der Waals surface area contributed by atoms with E-state index < -0.39 is 0 Å². The third-order valence-electron chi connectivity index (χ3n) is 5.63. The third kappa shape index (κ3) is 6.65. The maximum absolute atomic E-state index is 12.7. The Morgan fingerprint density at radius 2 is 1.91 bits per heavy atom. The van der Waals surface area contributed by atoms with E-state index in [1.165, 1.54) is 11.0 Å². The van der Waals surface area contributed by atoms with Crippen LogP contribution in [0.25, 0.3) is 17.3 Å². The van der Waals surface area contributed by atoms with Crippen LogP contribution in [0.15, 0.2) is 60.7 Å². The van der Waals surface area contributed by atoms with Gasteiger partial charge < -0.3 is 14.6 Å². The topological polar surface area (TPSA) is 96.6 Å². The SMILES string of the molecule is CN(C)C(=O)c1[nH]c(Cc2ccc(/C=C/C(=O)NOC3CCCCO3)cc2)nc1-c1ccccc1. The molecule has 1 unspecified atom stereocenters. The standard InChI is InChI=1S/C27H30N4O4/c1-31(2)27(33)26-25(21-8-4-3-5-9-21)28-22(29-26)18-20-13-11-19(12-14-20)15-16-23(32)30-35-24-10-6-7-17-34-24/h3-5,8-9,11-16,24H,6-7,10,17-18H2,1-2H3,(H,28,29)(H,30,32)/b16-15+. The molecule has 0 radical (unpaired) electrons. The van der Waals surface area contributed by atoms with Crippen LogP contribution in [-0.2, 0) is 20.8 Å². The van der Waals surface area contributed by atoms with E-state index in [-0.39, 0.29) is 18.1 Å². The first-order chi connectivity index (χ1) is 17.0. The maximum atomic E-state index is 12.7. The Morgan fingerprint density at radius 1 is 1.14 bits per heavy atom. The molecule has 1 aliphatic heterocycles. The van der Waals surface area contributed by atoms with Crippen molar-refractivity contribution in [3.8, 4) is 11.3 Å². The number of hydrogen-bond donors (Lipinski definition) is 2. The summed E-state index contributed by atoms with van der Waals surface area (Å²) in [6.07, 6.45) is 6.14. The quantitative estimate of drug-likeness (QED) is 0.381. The van der Waals surface area contributed by atoms with E-state index in [1.54, 1.807) is 20.2 Å². The highest BCUT2D eigenvalue weighted by Gasteiger charge is 2.20. The molecule has 1 saturated heterocycles. The zero-order valence-electron chi connectivity index (χ0n) is 20.0. The van der Waals surface area contributed by atoms with E-state index in [2.05, 4.69) is 10.5 Å². The molecular weight excluding hydrogens is 444 g/mol. The van der Waals surface area contributed by atoms with Crippen molar-refractivity contribution < 1.29 is 19.2 Å².